The molecule has 1 aromatic heterocycles. The van der Waals surface area contributed by atoms with E-state index in [1.807, 2.05) is 30.3 Å². The van der Waals surface area contributed by atoms with E-state index in [1.54, 1.807) is 6.20 Å². The first-order valence-corrected chi connectivity index (χ1v) is 4.87. The minimum Gasteiger partial charge on any atom is -0.225 e. The van der Waals surface area contributed by atoms with Crippen LogP contribution >= 0.6 is 24.2 Å². The van der Waals surface area contributed by atoms with Gasteiger partial charge in [0, 0.05) is 16.7 Å². The smallest absolute Gasteiger partial charge is 0.222 e. The summed E-state index contributed by atoms with van der Waals surface area (Å²) in [6.45, 7) is 0. The average molecular weight is 223 g/mol. The fourth-order valence-corrected chi connectivity index (χ4v) is 1.53. The van der Waals surface area contributed by atoms with Crippen molar-refractivity contribution in [2.45, 2.75) is 4.90 Å². The second-order valence-electron chi connectivity index (χ2n) is 2.74. The van der Waals surface area contributed by atoms with Gasteiger partial charge in [-0.15, -0.1) is 12.6 Å². The molecule has 70 valence electrons. The van der Waals surface area contributed by atoms with Crippen LogP contribution in [0, 0.1) is 0 Å². The van der Waals surface area contributed by atoms with Gasteiger partial charge in [0.1, 0.15) is 0 Å². The SMILES string of the molecule is Sc1cnc(Cl)nc1-c1ccccc1. The van der Waals surface area contributed by atoms with E-state index < -0.39 is 0 Å². The monoisotopic (exact) mass is 222 g/mol. The molecular weight excluding hydrogens is 216 g/mol. The Morgan fingerprint density at radius 3 is 2.57 bits per heavy atom. The van der Waals surface area contributed by atoms with E-state index in [2.05, 4.69) is 22.6 Å². The molecule has 0 unspecified atom stereocenters. The molecule has 2 rings (SSSR count). The first-order valence-electron chi connectivity index (χ1n) is 4.04. The highest BCUT2D eigenvalue weighted by molar-refractivity contribution is 7.80. The Hall–Kier alpha value is -1.06. The Balaban J connectivity index is 2.57. The molecule has 14 heavy (non-hydrogen) atoms. The van der Waals surface area contributed by atoms with E-state index in [1.165, 1.54) is 0 Å². The maximum Gasteiger partial charge on any atom is 0.222 e. The summed E-state index contributed by atoms with van der Waals surface area (Å²) >= 11 is 9.98. The van der Waals surface area contributed by atoms with Gasteiger partial charge in [-0.2, -0.15) is 0 Å². The van der Waals surface area contributed by atoms with Crippen LogP contribution in [0.15, 0.2) is 41.4 Å². The topological polar surface area (TPSA) is 25.8 Å². The zero-order valence-electron chi connectivity index (χ0n) is 7.18. The van der Waals surface area contributed by atoms with Gasteiger partial charge in [-0.05, 0) is 11.6 Å². The molecule has 0 bridgehead atoms. The fraction of sp³-hybridized carbons (Fsp3) is 0. The molecule has 0 atom stereocenters. The maximum atomic E-state index is 5.71. The van der Waals surface area contributed by atoms with Gasteiger partial charge in [-0.3, -0.25) is 0 Å². The minimum atomic E-state index is 0.238. The van der Waals surface area contributed by atoms with Gasteiger partial charge >= 0.3 is 0 Å². The molecule has 0 aliphatic heterocycles. The predicted molar refractivity (Wildman–Crippen MR) is 59.7 cm³/mol. The summed E-state index contributed by atoms with van der Waals surface area (Å²) in [5.74, 6) is 0. The van der Waals surface area contributed by atoms with Crippen LogP contribution in [0.2, 0.25) is 5.28 Å². The van der Waals surface area contributed by atoms with Crippen molar-refractivity contribution in [2.75, 3.05) is 0 Å². The maximum absolute atomic E-state index is 5.71. The summed E-state index contributed by atoms with van der Waals surface area (Å²) < 4.78 is 0. The van der Waals surface area contributed by atoms with Crippen LogP contribution in [0.5, 0.6) is 0 Å². The quantitative estimate of drug-likeness (QED) is 0.593. The third-order valence-corrected chi connectivity index (χ3v) is 2.30. The lowest BCUT2D eigenvalue weighted by atomic mass is 10.1. The number of nitrogens with zero attached hydrogens (tertiary/aromatic N) is 2. The van der Waals surface area contributed by atoms with Crippen LogP contribution in [-0.4, -0.2) is 9.97 Å². The molecule has 0 saturated carbocycles. The van der Waals surface area contributed by atoms with Crippen LogP contribution in [0.1, 0.15) is 0 Å². The van der Waals surface area contributed by atoms with Gasteiger partial charge in [-0.25, -0.2) is 9.97 Å². The van der Waals surface area contributed by atoms with Crippen LogP contribution < -0.4 is 0 Å². The molecule has 0 amide bonds. The minimum absolute atomic E-state index is 0.238. The number of benzene rings is 1. The Labute approximate surface area is 92.4 Å². The van der Waals surface area contributed by atoms with E-state index >= 15 is 0 Å². The molecule has 1 heterocycles. The molecule has 0 fully saturated rings. The third kappa shape index (κ3) is 1.89. The molecule has 1 aromatic carbocycles. The van der Waals surface area contributed by atoms with Crippen LogP contribution in [0.4, 0.5) is 0 Å². The molecule has 0 saturated heterocycles. The normalized spacial score (nSPS) is 10.1. The number of rotatable bonds is 1. The Bertz CT molecular complexity index is 445. The molecule has 0 aliphatic carbocycles. The third-order valence-electron chi connectivity index (χ3n) is 1.79. The van der Waals surface area contributed by atoms with Gasteiger partial charge in [0.05, 0.1) is 5.69 Å². The summed E-state index contributed by atoms with van der Waals surface area (Å²) in [6, 6.07) is 9.75. The van der Waals surface area contributed by atoms with E-state index in [0.29, 0.717) is 0 Å². The Kier molecular flexibility index (Phi) is 2.70. The number of aromatic nitrogens is 2. The van der Waals surface area contributed by atoms with E-state index in [-0.39, 0.29) is 5.28 Å². The zero-order chi connectivity index (χ0) is 9.97. The molecular formula is C10H7ClN2S. The molecule has 0 aliphatic rings. The first-order chi connectivity index (χ1) is 6.77. The van der Waals surface area contributed by atoms with Gasteiger partial charge in [0.25, 0.3) is 0 Å². The van der Waals surface area contributed by atoms with Crippen molar-refractivity contribution in [3.05, 3.63) is 41.8 Å². The summed E-state index contributed by atoms with van der Waals surface area (Å²) in [5, 5.41) is 0.238. The van der Waals surface area contributed by atoms with Crippen molar-refractivity contribution in [3.63, 3.8) is 0 Å². The fourth-order valence-electron chi connectivity index (χ4n) is 1.16. The lowest BCUT2D eigenvalue weighted by Crippen LogP contribution is -1.88. The largest absolute Gasteiger partial charge is 0.225 e. The van der Waals surface area contributed by atoms with Gasteiger partial charge in [-0.1, -0.05) is 30.3 Å². The highest BCUT2D eigenvalue weighted by Gasteiger charge is 2.04. The standard InChI is InChI=1S/C10H7ClN2S/c11-10-12-6-8(14)9(13-10)7-4-2-1-3-5-7/h1-6,14H. The van der Waals surface area contributed by atoms with Gasteiger partial charge in [0.2, 0.25) is 5.28 Å². The molecule has 2 aromatic rings. The lowest BCUT2D eigenvalue weighted by molar-refractivity contribution is 1.11. The average Bonchev–Trinajstić information content (AvgIpc) is 2.23. The molecule has 4 heteroatoms. The summed E-state index contributed by atoms with van der Waals surface area (Å²) in [5.41, 5.74) is 1.75. The molecule has 0 spiro atoms. The number of thiol groups is 1. The Morgan fingerprint density at radius 2 is 1.86 bits per heavy atom. The number of hydrogen-bond acceptors (Lipinski definition) is 3. The highest BCUT2D eigenvalue weighted by atomic mass is 35.5. The summed E-state index contributed by atoms with van der Waals surface area (Å²) in [4.78, 5) is 8.69. The van der Waals surface area contributed by atoms with Gasteiger partial charge < -0.3 is 0 Å². The lowest BCUT2D eigenvalue weighted by Gasteiger charge is -2.03. The highest BCUT2D eigenvalue weighted by Crippen LogP contribution is 2.24. The molecule has 0 N–H and O–H groups in total. The Morgan fingerprint density at radius 1 is 1.14 bits per heavy atom. The van der Waals surface area contributed by atoms with Crippen molar-refractivity contribution in [2.24, 2.45) is 0 Å². The second-order valence-corrected chi connectivity index (χ2v) is 3.56. The van der Waals surface area contributed by atoms with Crippen LogP contribution in [0.3, 0.4) is 0 Å². The number of hydrogen-bond donors (Lipinski definition) is 1. The van der Waals surface area contributed by atoms with Crippen LogP contribution in [0.25, 0.3) is 11.3 Å². The zero-order valence-corrected chi connectivity index (χ0v) is 8.83. The van der Waals surface area contributed by atoms with Gasteiger partial charge in [0.15, 0.2) is 0 Å². The molecule has 2 nitrogen and oxygen atoms in total. The summed E-state index contributed by atoms with van der Waals surface area (Å²) in [6.07, 6.45) is 1.60. The van der Waals surface area contributed by atoms with Crippen molar-refractivity contribution in [3.8, 4) is 11.3 Å². The second kappa shape index (κ2) is 3.98. The number of halogens is 1. The van der Waals surface area contributed by atoms with Crippen LogP contribution in [-0.2, 0) is 0 Å². The predicted octanol–water partition coefficient (Wildman–Crippen LogP) is 3.09. The van der Waals surface area contributed by atoms with Crippen molar-refractivity contribution >= 4 is 24.2 Å². The van der Waals surface area contributed by atoms with E-state index in [0.717, 1.165) is 16.2 Å². The van der Waals surface area contributed by atoms with E-state index in [4.69, 9.17) is 11.6 Å². The van der Waals surface area contributed by atoms with Crippen molar-refractivity contribution in [1.82, 2.24) is 9.97 Å². The van der Waals surface area contributed by atoms with Crippen molar-refractivity contribution in [1.29, 1.82) is 0 Å². The van der Waals surface area contributed by atoms with E-state index in [9.17, 15) is 0 Å². The molecule has 0 radical (unpaired) electrons. The van der Waals surface area contributed by atoms with Crippen molar-refractivity contribution < 1.29 is 0 Å². The summed E-state index contributed by atoms with van der Waals surface area (Å²) in [7, 11) is 0. The first kappa shape index (κ1) is 9.49.